The number of benzene rings is 2. The van der Waals surface area contributed by atoms with Crippen molar-refractivity contribution in [3.63, 3.8) is 0 Å². The number of hydrazone groups is 1. The Morgan fingerprint density at radius 2 is 1.82 bits per heavy atom. The van der Waals surface area contributed by atoms with E-state index in [9.17, 15) is 4.79 Å². The molecule has 172 valence electrons. The number of ether oxygens (including phenoxy) is 1. The lowest BCUT2D eigenvalue weighted by Gasteiger charge is -2.29. The summed E-state index contributed by atoms with van der Waals surface area (Å²) < 4.78 is 10.9. The van der Waals surface area contributed by atoms with Gasteiger partial charge in [0.2, 0.25) is 5.89 Å². The van der Waals surface area contributed by atoms with Crippen molar-refractivity contribution in [2.45, 2.75) is 38.6 Å². The smallest absolute Gasteiger partial charge is 0.332 e. The minimum absolute atomic E-state index is 0.289. The van der Waals surface area contributed by atoms with Gasteiger partial charge >= 0.3 is 5.97 Å². The molecule has 0 aliphatic carbocycles. The maximum atomic E-state index is 12.3. The van der Waals surface area contributed by atoms with Crippen LogP contribution < -0.4 is 0 Å². The maximum absolute atomic E-state index is 12.3. The van der Waals surface area contributed by atoms with E-state index in [1.807, 2.05) is 49.3 Å². The molecule has 1 unspecified atom stereocenters. The number of aryl methyl sites for hydroxylation is 3. The van der Waals surface area contributed by atoms with Gasteiger partial charge in [-0.25, -0.2) is 19.9 Å². The van der Waals surface area contributed by atoms with Crippen LogP contribution in [0.1, 0.15) is 29.0 Å². The van der Waals surface area contributed by atoms with Gasteiger partial charge in [-0.05, 0) is 49.4 Å². The first-order chi connectivity index (χ1) is 16.0. The van der Waals surface area contributed by atoms with Crippen molar-refractivity contribution in [1.29, 1.82) is 0 Å². The lowest BCUT2D eigenvalue weighted by molar-refractivity contribution is -0.153. The molecule has 0 bridgehead atoms. The zero-order chi connectivity index (χ0) is 23.2. The molecule has 2 heterocycles. The fourth-order valence-electron chi connectivity index (χ4n) is 4.01. The molecule has 2 aromatic carbocycles. The van der Waals surface area contributed by atoms with Crippen molar-refractivity contribution in [1.82, 2.24) is 15.1 Å². The van der Waals surface area contributed by atoms with Gasteiger partial charge in [-0.1, -0.05) is 42.5 Å². The Morgan fingerprint density at radius 1 is 1.09 bits per heavy atom. The van der Waals surface area contributed by atoms with Crippen molar-refractivity contribution < 1.29 is 13.9 Å². The van der Waals surface area contributed by atoms with Gasteiger partial charge in [0.1, 0.15) is 5.76 Å². The standard InChI is InChI=1S/C26H30N4O3/c1-19-23(28-25(33-19)22-9-5-4-6-10-22)11-7-8-20-12-14-21(15-13-20)18-24(26(31)32-3)30-27-16-17-29(30)2/h4-6,9-10,12-16,24H,7-8,11,17-18H2,1-3H3. The first-order valence-corrected chi connectivity index (χ1v) is 11.2. The summed E-state index contributed by atoms with van der Waals surface area (Å²) in [5, 5.41) is 7.92. The van der Waals surface area contributed by atoms with Crippen LogP contribution >= 0.6 is 0 Å². The molecule has 0 saturated heterocycles. The summed E-state index contributed by atoms with van der Waals surface area (Å²) >= 11 is 0. The third-order valence-corrected chi connectivity index (χ3v) is 5.89. The lowest BCUT2D eigenvalue weighted by atomic mass is 10.0. The quantitative estimate of drug-likeness (QED) is 0.462. The first kappa shape index (κ1) is 22.7. The number of nitrogens with zero attached hydrogens (tertiary/aromatic N) is 4. The third-order valence-electron chi connectivity index (χ3n) is 5.89. The molecule has 1 aliphatic heterocycles. The molecular formula is C26H30N4O3. The van der Waals surface area contributed by atoms with Crippen LogP contribution in [0.4, 0.5) is 0 Å². The van der Waals surface area contributed by atoms with Gasteiger partial charge in [-0.2, -0.15) is 5.10 Å². The molecule has 7 heteroatoms. The zero-order valence-electron chi connectivity index (χ0n) is 19.4. The van der Waals surface area contributed by atoms with Gasteiger partial charge in [0, 0.05) is 25.2 Å². The fraction of sp³-hybridized carbons (Fsp3) is 0.346. The molecule has 4 rings (SSSR count). The lowest BCUT2D eigenvalue weighted by Crippen LogP contribution is -2.46. The van der Waals surface area contributed by atoms with E-state index in [1.54, 1.807) is 11.3 Å². The molecule has 0 spiro atoms. The summed E-state index contributed by atoms with van der Waals surface area (Å²) in [5.41, 5.74) is 4.35. The van der Waals surface area contributed by atoms with E-state index in [0.717, 1.165) is 41.8 Å². The predicted molar refractivity (Wildman–Crippen MR) is 128 cm³/mol. The molecule has 7 nitrogen and oxygen atoms in total. The van der Waals surface area contributed by atoms with Crippen molar-refractivity contribution in [2.24, 2.45) is 5.10 Å². The molecule has 1 aromatic heterocycles. The number of esters is 1. The van der Waals surface area contributed by atoms with Gasteiger partial charge in [-0.3, -0.25) is 0 Å². The molecule has 1 aliphatic rings. The maximum Gasteiger partial charge on any atom is 0.332 e. The predicted octanol–water partition coefficient (Wildman–Crippen LogP) is 4.06. The second-order valence-electron chi connectivity index (χ2n) is 8.26. The Morgan fingerprint density at radius 3 is 2.48 bits per heavy atom. The summed E-state index contributed by atoms with van der Waals surface area (Å²) in [6.45, 7) is 2.66. The van der Waals surface area contributed by atoms with Gasteiger partial charge < -0.3 is 9.15 Å². The van der Waals surface area contributed by atoms with E-state index in [2.05, 4.69) is 29.4 Å². The van der Waals surface area contributed by atoms with Crippen molar-refractivity contribution >= 4 is 12.2 Å². The van der Waals surface area contributed by atoms with E-state index in [1.165, 1.54) is 12.7 Å². The average Bonchev–Trinajstić information content (AvgIpc) is 3.43. The molecular weight excluding hydrogens is 416 g/mol. The topological polar surface area (TPSA) is 71.2 Å². The van der Waals surface area contributed by atoms with Crippen LogP contribution in [0.5, 0.6) is 0 Å². The number of hydrogen-bond acceptors (Lipinski definition) is 7. The number of rotatable bonds is 9. The van der Waals surface area contributed by atoms with Crippen LogP contribution in [0.15, 0.2) is 64.1 Å². The SMILES string of the molecule is COC(=O)C(Cc1ccc(CCCc2nc(-c3ccccc3)oc2C)cc1)N1N=CCN1C. The Kier molecular flexibility index (Phi) is 7.19. The summed E-state index contributed by atoms with van der Waals surface area (Å²) in [6, 6.07) is 17.9. The van der Waals surface area contributed by atoms with Crippen LogP contribution in [-0.2, 0) is 28.8 Å². The number of oxazole rings is 1. The van der Waals surface area contributed by atoms with E-state index in [0.29, 0.717) is 18.9 Å². The largest absolute Gasteiger partial charge is 0.467 e. The van der Waals surface area contributed by atoms with Crippen LogP contribution in [-0.4, -0.2) is 54.0 Å². The highest BCUT2D eigenvalue weighted by molar-refractivity contribution is 5.76. The Balaban J connectivity index is 1.33. The highest BCUT2D eigenvalue weighted by atomic mass is 16.5. The summed E-state index contributed by atoms with van der Waals surface area (Å²) in [7, 11) is 3.32. The second-order valence-corrected chi connectivity index (χ2v) is 8.26. The third kappa shape index (κ3) is 5.49. The van der Waals surface area contributed by atoms with Crippen LogP contribution in [0.25, 0.3) is 11.5 Å². The summed E-state index contributed by atoms with van der Waals surface area (Å²) in [6.07, 6.45) is 5.13. The van der Waals surface area contributed by atoms with Crippen molar-refractivity contribution in [3.05, 3.63) is 77.2 Å². The van der Waals surface area contributed by atoms with Crippen LogP contribution in [0.2, 0.25) is 0 Å². The first-order valence-electron chi connectivity index (χ1n) is 11.2. The average molecular weight is 447 g/mol. The zero-order valence-corrected chi connectivity index (χ0v) is 19.4. The summed E-state index contributed by atoms with van der Waals surface area (Å²) in [5.74, 6) is 1.27. The van der Waals surface area contributed by atoms with E-state index < -0.39 is 6.04 Å². The fourth-order valence-corrected chi connectivity index (χ4v) is 4.01. The minimum Gasteiger partial charge on any atom is -0.467 e. The minimum atomic E-state index is -0.474. The number of methoxy groups -OCH3 is 1. The number of carbonyl (C=O) groups excluding carboxylic acids is 1. The van der Waals surface area contributed by atoms with E-state index >= 15 is 0 Å². The van der Waals surface area contributed by atoms with Crippen molar-refractivity contribution in [3.8, 4) is 11.5 Å². The number of carbonyl (C=O) groups is 1. The second kappa shape index (κ2) is 10.4. The molecule has 0 amide bonds. The Labute approximate surface area is 194 Å². The number of hydrazine groups is 1. The van der Waals surface area contributed by atoms with E-state index in [4.69, 9.17) is 14.1 Å². The molecule has 3 aromatic rings. The van der Waals surface area contributed by atoms with Gasteiger partial charge in [0.15, 0.2) is 6.04 Å². The molecule has 1 atom stereocenters. The Hall–Kier alpha value is -3.45. The highest BCUT2D eigenvalue weighted by Crippen LogP contribution is 2.23. The molecule has 0 radical (unpaired) electrons. The van der Waals surface area contributed by atoms with Gasteiger partial charge in [-0.15, -0.1) is 0 Å². The van der Waals surface area contributed by atoms with Crippen molar-refractivity contribution in [2.75, 3.05) is 20.7 Å². The Bertz CT molecular complexity index is 1090. The summed E-state index contributed by atoms with van der Waals surface area (Å²) in [4.78, 5) is 17.0. The monoisotopic (exact) mass is 446 g/mol. The van der Waals surface area contributed by atoms with Gasteiger partial charge in [0.25, 0.3) is 0 Å². The molecule has 0 N–H and O–H groups in total. The van der Waals surface area contributed by atoms with Crippen LogP contribution in [0.3, 0.4) is 0 Å². The molecule has 0 saturated carbocycles. The normalized spacial score (nSPS) is 14.6. The van der Waals surface area contributed by atoms with Crippen LogP contribution in [0, 0.1) is 6.92 Å². The molecule has 33 heavy (non-hydrogen) atoms. The van der Waals surface area contributed by atoms with E-state index in [-0.39, 0.29) is 5.97 Å². The number of hydrogen-bond donors (Lipinski definition) is 0. The molecule has 0 fully saturated rings. The highest BCUT2D eigenvalue weighted by Gasteiger charge is 2.31. The number of aromatic nitrogens is 1. The van der Waals surface area contributed by atoms with Gasteiger partial charge in [0.05, 0.1) is 19.3 Å².